The van der Waals surface area contributed by atoms with Gasteiger partial charge in [-0.2, -0.15) is 0 Å². The topological polar surface area (TPSA) is 98.7 Å². The number of hydrogen-bond donors (Lipinski definition) is 3. The molecule has 1 atom stereocenters. The molecule has 0 saturated carbocycles. The molecule has 1 saturated heterocycles. The summed E-state index contributed by atoms with van der Waals surface area (Å²) in [6.45, 7) is 2.62. The average molecular weight is 381 g/mol. The van der Waals surface area contributed by atoms with Crippen LogP contribution in [0.25, 0.3) is 0 Å². The molecule has 2 aromatic rings. The lowest BCUT2D eigenvalue weighted by atomic mass is 9.97. The number of nitrogens with zero attached hydrogens (tertiary/aromatic N) is 1. The van der Waals surface area contributed by atoms with Gasteiger partial charge in [0.1, 0.15) is 0 Å². The molecule has 1 unspecified atom stereocenters. The Bertz CT molecular complexity index is 882. The Balaban J connectivity index is 1.62. The largest absolute Gasteiger partial charge is 0.478 e. The van der Waals surface area contributed by atoms with Crippen LogP contribution in [0.2, 0.25) is 0 Å². The highest BCUT2D eigenvalue weighted by molar-refractivity contribution is 5.96. The Labute approximate surface area is 163 Å². The molecule has 1 aliphatic rings. The highest BCUT2D eigenvalue weighted by Gasteiger charge is 2.28. The van der Waals surface area contributed by atoms with Gasteiger partial charge in [0.2, 0.25) is 5.91 Å². The zero-order valence-electron chi connectivity index (χ0n) is 15.6. The molecule has 0 spiro atoms. The number of likely N-dealkylation sites (tertiary alicyclic amines) is 1. The van der Waals surface area contributed by atoms with Gasteiger partial charge in [-0.05, 0) is 49.6 Å². The second-order valence-corrected chi connectivity index (χ2v) is 6.91. The van der Waals surface area contributed by atoms with Crippen LogP contribution in [0.15, 0.2) is 48.5 Å². The van der Waals surface area contributed by atoms with E-state index in [4.69, 9.17) is 0 Å². The van der Waals surface area contributed by atoms with Crippen LogP contribution in [0.4, 0.5) is 16.2 Å². The van der Waals surface area contributed by atoms with Gasteiger partial charge >= 0.3 is 12.0 Å². The number of para-hydroxylation sites is 1. The molecule has 2 aromatic carbocycles. The fourth-order valence-corrected chi connectivity index (χ4v) is 3.27. The van der Waals surface area contributed by atoms with Crippen LogP contribution in [-0.4, -0.2) is 41.0 Å². The van der Waals surface area contributed by atoms with E-state index in [0.29, 0.717) is 36.4 Å². The van der Waals surface area contributed by atoms with E-state index in [2.05, 4.69) is 10.6 Å². The maximum atomic E-state index is 12.6. The Morgan fingerprint density at radius 2 is 1.79 bits per heavy atom. The van der Waals surface area contributed by atoms with Crippen LogP contribution < -0.4 is 10.6 Å². The molecule has 7 heteroatoms. The summed E-state index contributed by atoms with van der Waals surface area (Å²) in [5, 5.41) is 14.8. The summed E-state index contributed by atoms with van der Waals surface area (Å²) in [5.74, 6) is -1.59. The Kier molecular flexibility index (Phi) is 5.93. The molecule has 1 heterocycles. The minimum Gasteiger partial charge on any atom is -0.478 e. The minimum absolute atomic E-state index is 0.158. The number of urea groups is 1. The first-order chi connectivity index (χ1) is 13.4. The number of nitrogens with one attached hydrogen (secondary N) is 2. The first-order valence-electron chi connectivity index (χ1n) is 9.20. The van der Waals surface area contributed by atoms with E-state index in [1.54, 1.807) is 24.0 Å². The highest BCUT2D eigenvalue weighted by atomic mass is 16.4. The number of carboxylic acid groups (broad SMARTS) is 1. The van der Waals surface area contributed by atoms with Crippen molar-refractivity contribution in [3.8, 4) is 0 Å². The van der Waals surface area contributed by atoms with E-state index in [1.165, 1.54) is 6.07 Å². The lowest BCUT2D eigenvalue weighted by Gasteiger charge is -2.32. The smallest absolute Gasteiger partial charge is 0.336 e. The van der Waals surface area contributed by atoms with Gasteiger partial charge in [-0.3, -0.25) is 4.79 Å². The quantitative estimate of drug-likeness (QED) is 0.754. The van der Waals surface area contributed by atoms with E-state index in [1.807, 2.05) is 30.3 Å². The molecule has 0 radical (unpaired) electrons. The number of carbonyl (C=O) groups excluding carboxylic acids is 2. The number of amides is 3. The average Bonchev–Trinajstić information content (AvgIpc) is 2.70. The Morgan fingerprint density at radius 3 is 2.50 bits per heavy atom. The molecule has 3 rings (SSSR count). The zero-order chi connectivity index (χ0) is 20.1. The summed E-state index contributed by atoms with van der Waals surface area (Å²) in [6.07, 6.45) is 1.41. The molecule has 7 nitrogen and oxygen atoms in total. The normalized spacial score (nSPS) is 16.3. The monoisotopic (exact) mass is 381 g/mol. The molecular weight excluding hydrogens is 358 g/mol. The Morgan fingerprint density at radius 1 is 1.04 bits per heavy atom. The van der Waals surface area contributed by atoms with Crippen molar-refractivity contribution in [2.75, 3.05) is 23.7 Å². The summed E-state index contributed by atoms with van der Waals surface area (Å²) in [7, 11) is 0. The minimum atomic E-state index is -1.03. The predicted octanol–water partition coefficient (Wildman–Crippen LogP) is 3.58. The molecule has 28 heavy (non-hydrogen) atoms. The highest BCUT2D eigenvalue weighted by Crippen LogP contribution is 2.21. The number of carboxylic acids is 1. The number of benzene rings is 2. The van der Waals surface area contributed by atoms with E-state index in [-0.39, 0.29) is 23.4 Å². The molecule has 0 aromatic heterocycles. The van der Waals surface area contributed by atoms with Crippen molar-refractivity contribution in [1.82, 2.24) is 4.90 Å². The number of hydrogen-bond acceptors (Lipinski definition) is 3. The third-order valence-electron chi connectivity index (χ3n) is 4.84. The molecule has 1 fully saturated rings. The van der Waals surface area contributed by atoms with Gasteiger partial charge in [0, 0.05) is 24.5 Å². The number of aryl methyl sites for hydroxylation is 1. The summed E-state index contributed by atoms with van der Waals surface area (Å²) in [6, 6.07) is 13.8. The van der Waals surface area contributed by atoms with Crippen LogP contribution >= 0.6 is 0 Å². The van der Waals surface area contributed by atoms with Crippen LogP contribution in [0.3, 0.4) is 0 Å². The van der Waals surface area contributed by atoms with Gasteiger partial charge in [-0.25, -0.2) is 9.59 Å². The Hall–Kier alpha value is -3.35. The predicted molar refractivity (Wildman–Crippen MR) is 107 cm³/mol. The first-order valence-corrected chi connectivity index (χ1v) is 9.20. The molecule has 3 N–H and O–H groups in total. The molecular formula is C21H23N3O4. The van der Waals surface area contributed by atoms with E-state index < -0.39 is 5.97 Å². The van der Waals surface area contributed by atoms with E-state index in [0.717, 1.165) is 6.42 Å². The van der Waals surface area contributed by atoms with Crippen LogP contribution in [0.1, 0.15) is 28.8 Å². The standard InChI is InChI=1S/C21H23N3O4/c1-14-9-10-17(12-18(14)20(26)27)22-19(25)15-6-5-11-24(13-15)21(28)23-16-7-3-2-4-8-16/h2-4,7-10,12,15H,5-6,11,13H2,1H3,(H,22,25)(H,23,28)(H,26,27). The van der Waals surface area contributed by atoms with Gasteiger partial charge in [-0.1, -0.05) is 24.3 Å². The number of rotatable bonds is 4. The summed E-state index contributed by atoms with van der Waals surface area (Å²) in [4.78, 5) is 38.0. The molecule has 3 amide bonds. The third kappa shape index (κ3) is 4.68. The second-order valence-electron chi connectivity index (χ2n) is 6.91. The van der Waals surface area contributed by atoms with Crippen LogP contribution in [0, 0.1) is 12.8 Å². The molecule has 146 valence electrons. The fraction of sp³-hybridized carbons (Fsp3) is 0.286. The zero-order valence-corrected chi connectivity index (χ0v) is 15.6. The van der Waals surface area contributed by atoms with Gasteiger partial charge in [0.25, 0.3) is 0 Å². The van der Waals surface area contributed by atoms with Crippen molar-refractivity contribution in [3.05, 3.63) is 59.7 Å². The summed E-state index contributed by atoms with van der Waals surface area (Å²) < 4.78 is 0. The van der Waals surface area contributed by atoms with Crippen LogP contribution in [0.5, 0.6) is 0 Å². The lowest BCUT2D eigenvalue weighted by Crippen LogP contribution is -2.45. The first kappa shape index (κ1) is 19.4. The van der Waals surface area contributed by atoms with Gasteiger partial charge in [0.05, 0.1) is 11.5 Å². The van der Waals surface area contributed by atoms with Crippen molar-refractivity contribution in [1.29, 1.82) is 0 Å². The second kappa shape index (κ2) is 8.56. The van der Waals surface area contributed by atoms with Crippen molar-refractivity contribution < 1.29 is 19.5 Å². The number of carbonyl (C=O) groups is 3. The number of aromatic carboxylic acids is 1. The maximum absolute atomic E-state index is 12.6. The van der Waals surface area contributed by atoms with E-state index in [9.17, 15) is 19.5 Å². The number of anilines is 2. The van der Waals surface area contributed by atoms with Gasteiger partial charge in [-0.15, -0.1) is 0 Å². The number of piperidine rings is 1. The van der Waals surface area contributed by atoms with Crippen molar-refractivity contribution >= 4 is 29.3 Å². The lowest BCUT2D eigenvalue weighted by molar-refractivity contribution is -0.121. The molecule has 0 aliphatic carbocycles. The maximum Gasteiger partial charge on any atom is 0.336 e. The van der Waals surface area contributed by atoms with Crippen molar-refractivity contribution in [2.45, 2.75) is 19.8 Å². The van der Waals surface area contributed by atoms with Crippen LogP contribution in [-0.2, 0) is 4.79 Å². The molecule has 1 aliphatic heterocycles. The van der Waals surface area contributed by atoms with E-state index >= 15 is 0 Å². The third-order valence-corrected chi connectivity index (χ3v) is 4.84. The van der Waals surface area contributed by atoms with Gasteiger partial charge < -0.3 is 20.6 Å². The summed E-state index contributed by atoms with van der Waals surface area (Å²) >= 11 is 0. The molecule has 0 bridgehead atoms. The SMILES string of the molecule is Cc1ccc(NC(=O)C2CCCN(C(=O)Nc3ccccc3)C2)cc1C(=O)O. The van der Waals surface area contributed by atoms with Gasteiger partial charge in [0.15, 0.2) is 0 Å². The van der Waals surface area contributed by atoms with Crippen molar-refractivity contribution in [3.63, 3.8) is 0 Å². The van der Waals surface area contributed by atoms with Crippen molar-refractivity contribution in [2.24, 2.45) is 5.92 Å². The summed E-state index contributed by atoms with van der Waals surface area (Å²) in [5.41, 5.74) is 1.94. The fourth-order valence-electron chi connectivity index (χ4n) is 3.27.